The van der Waals surface area contributed by atoms with Gasteiger partial charge in [-0.25, -0.2) is 9.37 Å². The van der Waals surface area contributed by atoms with Crippen molar-refractivity contribution in [3.8, 4) is 11.1 Å². The van der Waals surface area contributed by atoms with Crippen LogP contribution in [0, 0.1) is 5.82 Å². The molecule has 0 amide bonds. The quantitative estimate of drug-likeness (QED) is 0.410. The van der Waals surface area contributed by atoms with Gasteiger partial charge in [0, 0.05) is 42.5 Å². The third-order valence-corrected chi connectivity index (χ3v) is 4.93. The smallest absolute Gasteiger partial charge is 0.129 e. The first-order valence-electron chi connectivity index (χ1n) is 8.91. The first-order valence-corrected chi connectivity index (χ1v) is 9.29. The lowest BCUT2D eigenvalue weighted by Crippen LogP contribution is -2.07. The number of hydrogen-bond donors (Lipinski definition) is 0. The van der Waals surface area contributed by atoms with Crippen LogP contribution in [0.2, 0.25) is 5.15 Å². The molecule has 0 aliphatic rings. The Kier molecular flexibility index (Phi) is 5.40. The number of aromatic nitrogens is 3. The molecule has 28 heavy (non-hydrogen) atoms. The van der Waals surface area contributed by atoms with Crippen LogP contribution >= 0.6 is 11.6 Å². The standard InChI is InChI=1S/C23H17ClFN3/c24-23-8-6-19(15-28-23)22-12-20(25)7-5-16(22)11-21(17-3-1-9-26-13-17)18-4-2-10-27-14-18/h1-10,12-15,21H,11H2. The molecule has 4 rings (SSSR count). The number of nitrogens with zero attached hydrogens (tertiary/aromatic N) is 3. The van der Waals surface area contributed by atoms with Crippen molar-refractivity contribution in [2.45, 2.75) is 12.3 Å². The summed E-state index contributed by atoms with van der Waals surface area (Å²) in [6, 6.07) is 16.4. The van der Waals surface area contributed by atoms with Crippen molar-refractivity contribution in [2.75, 3.05) is 0 Å². The second-order valence-corrected chi connectivity index (χ2v) is 6.89. The molecule has 0 N–H and O–H groups in total. The molecule has 4 aromatic rings. The zero-order valence-electron chi connectivity index (χ0n) is 15.0. The normalized spacial score (nSPS) is 11.0. The Morgan fingerprint density at radius 3 is 2.14 bits per heavy atom. The summed E-state index contributed by atoms with van der Waals surface area (Å²) in [6.45, 7) is 0. The predicted molar refractivity (Wildman–Crippen MR) is 109 cm³/mol. The fourth-order valence-corrected chi connectivity index (χ4v) is 3.45. The molecule has 3 nitrogen and oxygen atoms in total. The Balaban J connectivity index is 1.78. The minimum atomic E-state index is -0.284. The van der Waals surface area contributed by atoms with Crippen LogP contribution in [-0.4, -0.2) is 15.0 Å². The lowest BCUT2D eigenvalue weighted by Gasteiger charge is -2.19. The fraction of sp³-hybridized carbons (Fsp3) is 0.0870. The van der Waals surface area contributed by atoms with Gasteiger partial charge < -0.3 is 0 Å². The van der Waals surface area contributed by atoms with E-state index in [1.807, 2.05) is 36.7 Å². The Labute approximate surface area is 167 Å². The van der Waals surface area contributed by atoms with Crippen molar-refractivity contribution >= 4 is 11.6 Å². The average Bonchev–Trinajstić information content (AvgIpc) is 2.75. The lowest BCUT2D eigenvalue weighted by molar-refractivity contribution is 0.627. The van der Waals surface area contributed by atoms with Gasteiger partial charge in [0.15, 0.2) is 0 Å². The fourth-order valence-electron chi connectivity index (χ4n) is 3.34. The summed E-state index contributed by atoms with van der Waals surface area (Å²) in [5.74, 6) is -0.236. The molecule has 5 heteroatoms. The number of hydrogen-bond acceptors (Lipinski definition) is 3. The van der Waals surface area contributed by atoms with E-state index in [1.165, 1.54) is 6.07 Å². The number of rotatable bonds is 5. The van der Waals surface area contributed by atoms with Crippen LogP contribution in [0.15, 0.2) is 85.6 Å². The van der Waals surface area contributed by atoms with Crippen molar-refractivity contribution in [3.05, 3.63) is 113 Å². The summed E-state index contributed by atoms with van der Waals surface area (Å²) in [6.07, 6.45) is 9.59. The molecule has 0 spiro atoms. The van der Waals surface area contributed by atoms with Gasteiger partial charge in [-0.3, -0.25) is 9.97 Å². The Bertz CT molecular complexity index is 1010. The molecule has 138 valence electrons. The molecule has 3 aromatic heterocycles. The maximum absolute atomic E-state index is 14.0. The lowest BCUT2D eigenvalue weighted by atomic mass is 9.85. The summed E-state index contributed by atoms with van der Waals surface area (Å²) < 4.78 is 14.0. The highest BCUT2D eigenvalue weighted by atomic mass is 35.5. The van der Waals surface area contributed by atoms with Crippen LogP contribution in [0.3, 0.4) is 0 Å². The first-order chi connectivity index (χ1) is 13.7. The van der Waals surface area contributed by atoms with E-state index in [9.17, 15) is 4.39 Å². The zero-order chi connectivity index (χ0) is 19.3. The summed E-state index contributed by atoms with van der Waals surface area (Å²) in [5.41, 5.74) is 4.82. The molecule has 0 bridgehead atoms. The van der Waals surface area contributed by atoms with Crippen LogP contribution in [0.1, 0.15) is 22.6 Å². The van der Waals surface area contributed by atoms with Crippen LogP contribution in [0.25, 0.3) is 11.1 Å². The van der Waals surface area contributed by atoms with Gasteiger partial charge in [0.25, 0.3) is 0 Å². The van der Waals surface area contributed by atoms with E-state index >= 15 is 0 Å². The first kappa shape index (κ1) is 18.3. The average molecular weight is 390 g/mol. The van der Waals surface area contributed by atoms with Gasteiger partial charge in [0.1, 0.15) is 11.0 Å². The van der Waals surface area contributed by atoms with Gasteiger partial charge in [-0.2, -0.15) is 0 Å². The third kappa shape index (κ3) is 4.07. The van der Waals surface area contributed by atoms with Gasteiger partial charge >= 0.3 is 0 Å². The number of pyridine rings is 3. The van der Waals surface area contributed by atoms with Crippen molar-refractivity contribution < 1.29 is 4.39 Å². The number of halogens is 2. The highest BCUT2D eigenvalue weighted by Crippen LogP contribution is 2.33. The van der Waals surface area contributed by atoms with Crippen molar-refractivity contribution in [2.24, 2.45) is 0 Å². The summed E-state index contributed by atoms with van der Waals surface area (Å²) >= 11 is 5.92. The SMILES string of the molecule is Fc1ccc(CC(c2cccnc2)c2cccnc2)c(-c2ccc(Cl)nc2)c1. The van der Waals surface area contributed by atoms with Crippen molar-refractivity contribution in [1.29, 1.82) is 0 Å². The summed E-state index contributed by atoms with van der Waals surface area (Å²) in [5, 5.41) is 0.408. The molecule has 0 aliphatic carbocycles. The highest BCUT2D eigenvalue weighted by molar-refractivity contribution is 6.29. The maximum Gasteiger partial charge on any atom is 0.129 e. The monoisotopic (exact) mass is 389 g/mol. The van der Waals surface area contributed by atoms with Gasteiger partial charge in [0.05, 0.1) is 0 Å². The third-order valence-electron chi connectivity index (χ3n) is 4.71. The topological polar surface area (TPSA) is 38.7 Å². The van der Waals surface area contributed by atoms with E-state index < -0.39 is 0 Å². The molecule has 0 unspecified atom stereocenters. The Morgan fingerprint density at radius 2 is 1.57 bits per heavy atom. The van der Waals surface area contributed by atoms with Gasteiger partial charge in [-0.05, 0) is 65.1 Å². The molecule has 0 atom stereocenters. The van der Waals surface area contributed by atoms with Gasteiger partial charge in [-0.1, -0.05) is 29.8 Å². The molecule has 0 fully saturated rings. The van der Waals surface area contributed by atoms with Gasteiger partial charge in [-0.15, -0.1) is 0 Å². The van der Waals surface area contributed by atoms with Crippen molar-refractivity contribution in [1.82, 2.24) is 15.0 Å². The van der Waals surface area contributed by atoms with E-state index in [0.717, 1.165) is 27.8 Å². The zero-order valence-corrected chi connectivity index (χ0v) is 15.7. The molecule has 0 aliphatic heterocycles. The molecular weight excluding hydrogens is 373 g/mol. The van der Waals surface area contributed by atoms with Crippen LogP contribution < -0.4 is 0 Å². The van der Waals surface area contributed by atoms with E-state index in [-0.39, 0.29) is 11.7 Å². The highest BCUT2D eigenvalue weighted by Gasteiger charge is 2.18. The Morgan fingerprint density at radius 1 is 0.857 bits per heavy atom. The Hall–Kier alpha value is -3.11. The predicted octanol–water partition coefficient (Wildman–Crippen LogP) is 5.71. The number of benzene rings is 1. The maximum atomic E-state index is 14.0. The molecule has 1 aromatic carbocycles. The largest absolute Gasteiger partial charge is 0.264 e. The molecule has 0 saturated carbocycles. The molecular formula is C23H17ClFN3. The minimum absolute atomic E-state index is 0.0480. The van der Waals surface area contributed by atoms with Crippen molar-refractivity contribution in [3.63, 3.8) is 0 Å². The second kappa shape index (κ2) is 8.28. The molecule has 0 saturated heterocycles. The van der Waals surface area contributed by atoms with E-state index in [1.54, 1.807) is 30.7 Å². The summed E-state index contributed by atoms with van der Waals surface area (Å²) in [7, 11) is 0. The van der Waals surface area contributed by atoms with Crippen LogP contribution in [-0.2, 0) is 6.42 Å². The van der Waals surface area contributed by atoms with E-state index in [4.69, 9.17) is 11.6 Å². The van der Waals surface area contributed by atoms with E-state index in [0.29, 0.717) is 11.6 Å². The molecule has 3 heterocycles. The van der Waals surface area contributed by atoms with Crippen LogP contribution in [0.5, 0.6) is 0 Å². The minimum Gasteiger partial charge on any atom is -0.264 e. The van der Waals surface area contributed by atoms with Crippen LogP contribution in [0.4, 0.5) is 4.39 Å². The summed E-state index contributed by atoms with van der Waals surface area (Å²) in [4.78, 5) is 12.7. The van der Waals surface area contributed by atoms with Gasteiger partial charge in [0.2, 0.25) is 0 Å². The second-order valence-electron chi connectivity index (χ2n) is 6.50. The van der Waals surface area contributed by atoms with E-state index in [2.05, 4.69) is 27.1 Å². The molecule has 0 radical (unpaired) electrons.